The molecule has 11 nitrogen and oxygen atoms in total. The van der Waals surface area contributed by atoms with E-state index in [4.69, 9.17) is 4.74 Å². The van der Waals surface area contributed by atoms with E-state index in [9.17, 15) is 24.0 Å². The molecule has 0 saturated carbocycles. The van der Waals surface area contributed by atoms with E-state index >= 15 is 0 Å². The van der Waals surface area contributed by atoms with Crippen molar-refractivity contribution in [3.05, 3.63) is 35.9 Å². The average molecular weight is 408 g/mol. The highest BCUT2D eigenvalue weighted by atomic mass is 16.5. The number of methoxy groups -OCH3 is 1. The van der Waals surface area contributed by atoms with Crippen LogP contribution in [0.25, 0.3) is 0 Å². The summed E-state index contributed by atoms with van der Waals surface area (Å²) >= 11 is 0. The van der Waals surface area contributed by atoms with Crippen molar-refractivity contribution in [2.75, 3.05) is 33.3 Å². The smallest absolute Gasteiger partial charge is 0.407 e. The molecule has 11 heteroatoms. The molecule has 0 radical (unpaired) electrons. The molecule has 0 spiro atoms. The van der Waals surface area contributed by atoms with Crippen molar-refractivity contribution >= 4 is 29.8 Å². The summed E-state index contributed by atoms with van der Waals surface area (Å²) in [5, 5.41) is 9.26. The fourth-order valence-electron chi connectivity index (χ4n) is 1.88. The lowest BCUT2D eigenvalue weighted by Gasteiger charge is -2.09. The van der Waals surface area contributed by atoms with Crippen LogP contribution in [0.15, 0.2) is 30.3 Å². The molecule has 1 aromatic rings. The van der Waals surface area contributed by atoms with E-state index in [1.807, 2.05) is 6.07 Å². The molecule has 4 amide bonds. The third kappa shape index (κ3) is 11.6. The predicted octanol–water partition coefficient (Wildman–Crippen LogP) is -1.18. The summed E-state index contributed by atoms with van der Waals surface area (Å²) in [6.07, 6.45) is -0.746. The molecule has 0 heterocycles. The maximum atomic E-state index is 11.6. The summed E-state index contributed by atoms with van der Waals surface area (Å²) in [7, 11) is 1.24. The van der Waals surface area contributed by atoms with Crippen LogP contribution in [0.1, 0.15) is 12.0 Å². The van der Waals surface area contributed by atoms with Crippen molar-refractivity contribution < 1.29 is 33.4 Å². The number of esters is 1. The maximum absolute atomic E-state index is 11.6. The summed E-state index contributed by atoms with van der Waals surface area (Å²) in [6, 6.07) is 9.03. The Morgan fingerprint density at radius 2 is 1.34 bits per heavy atom. The Kier molecular flexibility index (Phi) is 10.9. The van der Waals surface area contributed by atoms with E-state index in [0.29, 0.717) is 0 Å². The molecule has 0 aromatic heterocycles. The number of rotatable bonds is 11. The summed E-state index contributed by atoms with van der Waals surface area (Å²) < 4.78 is 9.36. The van der Waals surface area contributed by atoms with E-state index in [-0.39, 0.29) is 39.2 Å². The molecule has 1 aromatic carbocycles. The fraction of sp³-hybridized carbons (Fsp3) is 0.389. The Morgan fingerprint density at radius 1 is 0.793 bits per heavy atom. The van der Waals surface area contributed by atoms with Gasteiger partial charge in [0.2, 0.25) is 17.7 Å². The van der Waals surface area contributed by atoms with E-state index in [1.165, 1.54) is 7.11 Å². The highest BCUT2D eigenvalue weighted by Crippen LogP contribution is 2.00. The molecule has 29 heavy (non-hydrogen) atoms. The molecule has 1 rings (SSSR count). The van der Waals surface area contributed by atoms with Crippen molar-refractivity contribution in [1.29, 1.82) is 0 Å². The zero-order valence-corrected chi connectivity index (χ0v) is 16.0. The van der Waals surface area contributed by atoms with Crippen molar-refractivity contribution in [2.45, 2.75) is 13.0 Å². The fourth-order valence-corrected chi connectivity index (χ4v) is 1.88. The van der Waals surface area contributed by atoms with Crippen LogP contribution < -0.4 is 21.3 Å². The average Bonchev–Trinajstić information content (AvgIpc) is 2.73. The lowest BCUT2D eigenvalue weighted by molar-refractivity contribution is -0.140. The second-order valence-electron chi connectivity index (χ2n) is 5.64. The van der Waals surface area contributed by atoms with Gasteiger partial charge in [-0.25, -0.2) is 4.79 Å². The van der Waals surface area contributed by atoms with Gasteiger partial charge in [0.1, 0.15) is 13.2 Å². The van der Waals surface area contributed by atoms with Gasteiger partial charge in [-0.2, -0.15) is 0 Å². The molecule has 158 valence electrons. The van der Waals surface area contributed by atoms with Crippen LogP contribution in [0.3, 0.4) is 0 Å². The molecule has 0 saturated heterocycles. The number of amides is 4. The number of hydrogen-bond donors (Lipinski definition) is 4. The minimum Gasteiger partial charge on any atom is -0.469 e. The van der Waals surface area contributed by atoms with E-state index in [2.05, 4.69) is 26.0 Å². The van der Waals surface area contributed by atoms with Gasteiger partial charge in [0.25, 0.3) is 0 Å². The Morgan fingerprint density at radius 3 is 1.93 bits per heavy atom. The number of benzene rings is 1. The van der Waals surface area contributed by atoms with Gasteiger partial charge in [-0.05, 0) is 5.56 Å². The van der Waals surface area contributed by atoms with Gasteiger partial charge in [0.05, 0.1) is 26.6 Å². The first-order valence-electron chi connectivity index (χ1n) is 8.72. The Labute approximate surface area is 167 Å². The normalized spacial score (nSPS) is 9.69. The topological polar surface area (TPSA) is 152 Å². The molecular formula is C18H24N4O7. The number of alkyl carbamates (subject to hydrolysis) is 1. The van der Waals surface area contributed by atoms with Crippen LogP contribution in [0.5, 0.6) is 0 Å². The Balaban J connectivity index is 2.09. The quantitative estimate of drug-likeness (QED) is 0.337. The lowest BCUT2D eigenvalue weighted by atomic mass is 10.2. The van der Waals surface area contributed by atoms with Crippen LogP contribution in [0, 0.1) is 0 Å². The molecule has 0 aliphatic carbocycles. The van der Waals surface area contributed by atoms with Crippen molar-refractivity contribution in [2.24, 2.45) is 0 Å². The van der Waals surface area contributed by atoms with Gasteiger partial charge < -0.3 is 30.7 Å². The van der Waals surface area contributed by atoms with Gasteiger partial charge >= 0.3 is 12.1 Å². The predicted molar refractivity (Wildman–Crippen MR) is 100 cm³/mol. The molecule has 0 atom stereocenters. The molecular weight excluding hydrogens is 384 g/mol. The second-order valence-corrected chi connectivity index (χ2v) is 5.64. The molecule has 0 unspecified atom stereocenters. The summed E-state index contributed by atoms with van der Waals surface area (Å²) in [6.45, 7) is -0.883. The molecule has 0 bridgehead atoms. The van der Waals surface area contributed by atoms with Crippen molar-refractivity contribution in [3.8, 4) is 0 Å². The molecule has 0 aliphatic heterocycles. The third-order valence-electron chi connectivity index (χ3n) is 3.38. The minimum absolute atomic E-state index is 0.0209. The Bertz CT molecular complexity index is 709. The van der Waals surface area contributed by atoms with Crippen LogP contribution in [0.4, 0.5) is 4.79 Å². The molecule has 0 fully saturated rings. The zero-order chi connectivity index (χ0) is 21.5. The first-order chi connectivity index (χ1) is 13.9. The summed E-state index contributed by atoms with van der Waals surface area (Å²) in [4.78, 5) is 57.1. The number of carbonyl (C=O) groups is 5. The van der Waals surface area contributed by atoms with Crippen LogP contribution in [-0.2, 0) is 35.3 Å². The van der Waals surface area contributed by atoms with Gasteiger partial charge in [-0.3, -0.25) is 19.2 Å². The summed E-state index contributed by atoms with van der Waals surface area (Å²) in [5.41, 5.74) is 0.804. The van der Waals surface area contributed by atoms with Crippen molar-refractivity contribution in [1.82, 2.24) is 21.3 Å². The van der Waals surface area contributed by atoms with Crippen LogP contribution in [-0.4, -0.2) is 63.1 Å². The van der Waals surface area contributed by atoms with Crippen molar-refractivity contribution in [3.63, 3.8) is 0 Å². The third-order valence-corrected chi connectivity index (χ3v) is 3.38. The first-order valence-corrected chi connectivity index (χ1v) is 8.72. The monoisotopic (exact) mass is 408 g/mol. The van der Waals surface area contributed by atoms with E-state index in [0.717, 1.165) is 5.56 Å². The minimum atomic E-state index is -0.767. The zero-order valence-electron chi connectivity index (χ0n) is 16.0. The highest BCUT2D eigenvalue weighted by molar-refractivity contribution is 5.89. The van der Waals surface area contributed by atoms with Crippen LogP contribution >= 0.6 is 0 Å². The van der Waals surface area contributed by atoms with E-state index < -0.39 is 29.8 Å². The molecule has 0 aliphatic rings. The molecule has 4 N–H and O–H groups in total. The number of ether oxygens (including phenoxy) is 2. The Hall–Kier alpha value is -3.63. The summed E-state index contributed by atoms with van der Waals surface area (Å²) in [5.74, 6) is -2.14. The number of hydrogen-bond acceptors (Lipinski definition) is 7. The largest absolute Gasteiger partial charge is 0.469 e. The maximum Gasteiger partial charge on any atom is 0.407 e. The SMILES string of the molecule is COC(=O)CCNC(=O)CNC(=O)CNC(=O)CNC(=O)OCc1ccccc1. The standard InChI is InChI=1S/C18H24N4O7/c1-28-17(26)7-8-19-14(23)9-20-15(24)10-21-16(25)11-22-18(27)29-12-13-5-3-2-4-6-13/h2-6H,7-12H2,1H3,(H,19,23)(H,20,24)(H,21,25)(H,22,27). The van der Waals surface area contributed by atoms with Crippen LogP contribution in [0.2, 0.25) is 0 Å². The number of nitrogens with one attached hydrogen (secondary N) is 4. The lowest BCUT2D eigenvalue weighted by Crippen LogP contribution is -2.44. The van der Waals surface area contributed by atoms with Gasteiger partial charge in [0.15, 0.2) is 0 Å². The second kappa shape index (κ2) is 13.5. The van der Waals surface area contributed by atoms with E-state index in [1.54, 1.807) is 24.3 Å². The number of carbonyl (C=O) groups excluding carboxylic acids is 5. The highest BCUT2D eigenvalue weighted by Gasteiger charge is 2.10. The first kappa shape index (κ1) is 23.4. The van der Waals surface area contributed by atoms with Gasteiger partial charge in [-0.15, -0.1) is 0 Å². The van der Waals surface area contributed by atoms with Gasteiger partial charge in [0, 0.05) is 6.54 Å². The van der Waals surface area contributed by atoms with Gasteiger partial charge in [-0.1, -0.05) is 30.3 Å².